The number of methoxy groups -OCH3 is 1. The molecule has 2 N–H and O–H groups in total. The zero-order valence-corrected chi connectivity index (χ0v) is 19.4. The van der Waals surface area contributed by atoms with Gasteiger partial charge in [0.1, 0.15) is 5.75 Å². The maximum Gasteiger partial charge on any atom is 0.119 e. The van der Waals surface area contributed by atoms with E-state index in [1.165, 1.54) is 42.4 Å². The van der Waals surface area contributed by atoms with Crippen LogP contribution in [0.1, 0.15) is 63.1 Å². The average Bonchev–Trinajstić information content (AvgIpc) is 2.74. The topological polar surface area (TPSA) is 38.5 Å². The van der Waals surface area contributed by atoms with Gasteiger partial charge >= 0.3 is 0 Å². The monoisotopic (exact) mass is 408 g/mol. The SMILES string of the molecule is COc1cccc(CN(Cc2ccc(C(C)(C)C)cc2)CC2CCC(CN)CC2)c1. The van der Waals surface area contributed by atoms with Gasteiger partial charge in [-0.25, -0.2) is 0 Å². The summed E-state index contributed by atoms with van der Waals surface area (Å²) < 4.78 is 5.44. The highest BCUT2D eigenvalue weighted by Crippen LogP contribution is 2.30. The Hall–Kier alpha value is -1.84. The Bertz CT molecular complexity index is 770. The Balaban J connectivity index is 1.71. The second kappa shape index (κ2) is 10.5. The summed E-state index contributed by atoms with van der Waals surface area (Å²) in [6.07, 6.45) is 5.18. The van der Waals surface area contributed by atoms with Crippen LogP contribution < -0.4 is 10.5 Å². The lowest BCUT2D eigenvalue weighted by Crippen LogP contribution is -2.32. The van der Waals surface area contributed by atoms with E-state index in [9.17, 15) is 0 Å². The van der Waals surface area contributed by atoms with Gasteiger partial charge in [0.2, 0.25) is 0 Å². The molecule has 164 valence electrons. The Kier molecular flexibility index (Phi) is 7.96. The van der Waals surface area contributed by atoms with Gasteiger partial charge in [-0.05, 0) is 78.3 Å². The molecule has 2 aromatic rings. The first kappa shape index (κ1) is 22.8. The van der Waals surface area contributed by atoms with Gasteiger partial charge in [-0.1, -0.05) is 57.2 Å². The molecule has 0 saturated heterocycles. The molecule has 2 aromatic carbocycles. The zero-order chi connectivity index (χ0) is 21.6. The van der Waals surface area contributed by atoms with Crippen LogP contribution in [0, 0.1) is 11.8 Å². The molecule has 0 unspecified atom stereocenters. The van der Waals surface area contributed by atoms with E-state index >= 15 is 0 Å². The van der Waals surface area contributed by atoms with Gasteiger partial charge in [0, 0.05) is 19.6 Å². The summed E-state index contributed by atoms with van der Waals surface area (Å²) >= 11 is 0. The third-order valence-electron chi connectivity index (χ3n) is 6.58. The molecule has 0 spiro atoms. The molecule has 0 radical (unpaired) electrons. The van der Waals surface area contributed by atoms with Crippen LogP contribution in [0.4, 0.5) is 0 Å². The van der Waals surface area contributed by atoms with Gasteiger partial charge in [0.25, 0.3) is 0 Å². The van der Waals surface area contributed by atoms with Crippen LogP contribution in [-0.2, 0) is 18.5 Å². The van der Waals surface area contributed by atoms with Gasteiger partial charge in [-0.2, -0.15) is 0 Å². The standard InChI is InChI=1S/C27H40N2O/c1-27(2,3)25-14-12-23(13-15-25)19-29(18-22-10-8-21(17-28)9-11-22)20-24-6-5-7-26(16-24)30-4/h5-7,12-16,21-22H,8-11,17-20,28H2,1-4H3. The Morgan fingerprint density at radius 1 is 0.900 bits per heavy atom. The number of benzene rings is 2. The van der Waals surface area contributed by atoms with Crippen molar-refractivity contribution >= 4 is 0 Å². The van der Waals surface area contributed by atoms with Crippen molar-refractivity contribution in [2.75, 3.05) is 20.2 Å². The Morgan fingerprint density at radius 3 is 2.13 bits per heavy atom. The van der Waals surface area contributed by atoms with E-state index in [-0.39, 0.29) is 5.41 Å². The lowest BCUT2D eigenvalue weighted by atomic mass is 9.81. The lowest BCUT2D eigenvalue weighted by Gasteiger charge is -2.32. The van der Waals surface area contributed by atoms with Crippen molar-refractivity contribution in [3.63, 3.8) is 0 Å². The van der Waals surface area contributed by atoms with Crippen LogP contribution in [0.5, 0.6) is 5.75 Å². The van der Waals surface area contributed by atoms with Gasteiger partial charge in [0.05, 0.1) is 7.11 Å². The minimum atomic E-state index is 0.195. The van der Waals surface area contributed by atoms with Crippen molar-refractivity contribution in [2.45, 2.75) is 65.0 Å². The quantitative estimate of drug-likeness (QED) is 0.603. The summed E-state index contributed by atoms with van der Waals surface area (Å²) in [6.45, 7) is 10.8. The molecule has 3 heteroatoms. The normalized spacial score (nSPS) is 19.8. The van der Waals surface area contributed by atoms with Gasteiger partial charge in [-0.15, -0.1) is 0 Å². The van der Waals surface area contributed by atoms with E-state index in [0.717, 1.165) is 43.8 Å². The minimum Gasteiger partial charge on any atom is -0.497 e. The number of nitrogens with zero attached hydrogens (tertiary/aromatic N) is 1. The largest absolute Gasteiger partial charge is 0.497 e. The Labute approximate surface area is 183 Å². The van der Waals surface area contributed by atoms with Crippen LogP contribution in [-0.4, -0.2) is 25.1 Å². The lowest BCUT2D eigenvalue weighted by molar-refractivity contribution is 0.170. The van der Waals surface area contributed by atoms with Crippen molar-refractivity contribution in [1.29, 1.82) is 0 Å². The second-order valence-corrected chi connectivity index (χ2v) is 10.1. The molecule has 1 aliphatic carbocycles. The first-order valence-electron chi connectivity index (χ1n) is 11.5. The van der Waals surface area contributed by atoms with Crippen LogP contribution >= 0.6 is 0 Å². The summed E-state index contributed by atoms with van der Waals surface area (Å²) in [4.78, 5) is 2.62. The van der Waals surface area contributed by atoms with Gasteiger partial charge in [0.15, 0.2) is 0 Å². The Morgan fingerprint density at radius 2 is 1.53 bits per heavy atom. The fourth-order valence-electron chi connectivity index (χ4n) is 4.60. The molecule has 1 saturated carbocycles. The smallest absolute Gasteiger partial charge is 0.119 e. The van der Waals surface area contributed by atoms with Crippen molar-refractivity contribution in [1.82, 2.24) is 4.90 Å². The summed E-state index contributed by atoms with van der Waals surface area (Å²) in [5, 5.41) is 0. The molecule has 0 amide bonds. The fraction of sp³-hybridized carbons (Fsp3) is 0.556. The third-order valence-corrected chi connectivity index (χ3v) is 6.58. The van der Waals surface area contributed by atoms with Crippen molar-refractivity contribution in [3.05, 3.63) is 65.2 Å². The second-order valence-electron chi connectivity index (χ2n) is 10.1. The zero-order valence-electron chi connectivity index (χ0n) is 19.4. The van der Waals surface area contributed by atoms with Gasteiger partial charge in [-0.3, -0.25) is 4.90 Å². The molecule has 0 bridgehead atoms. The molecule has 3 rings (SSSR count). The number of hydrogen-bond acceptors (Lipinski definition) is 3. The van der Waals surface area contributed by atoms with Crippen LogP contribution in [0.2, 0.25) is 0 Å². The highest BCUT2D eigenvalue weighted by atomic mass is 16.5. The molecule has 30 heavy (non-hydrogen) atoms. The van der Waals surface area contributed by atoms with Gasteiger partial charge < -0.3 is 10.5 Å². The number of hydrogen-bond donors (Lipinski definition) is 1. The van der Waals surface area contributed by atoms with E-state index in [1.54, 1.807) is 7.11 Å². The molecule has 0 aliphatic heterocycles. The predicted octanol–water partition coefficient (Wildman–Crippen LogP) is 5.76. The molecule has 3 nitrogen and oxygen atoms in total. The first-order valence-corrected chi connectivity index (χ1v) is 11.5. The van der Waals surface area contributed by atoms with Crippen molar-refractivity contribution in [2.24, 2.45) is 17.6 Å². The maximum atomic E-state index is 5.90. The third kappa shape index (κ3) is 6.58. The summed E-state index contributed by atoms with van der Waals surface area (Å²) in [7, 11) is 1.74. The fourth-order valence-corrected chi connectivity index (χ4v) is 4.60. The molecule has 0 heterocycles. The van der Waals surface area contributed by atoms with E-state index < -0.39 is 0 Å². The summed E-state index contributed by atoms with van der Waals surface area (Å²) in [5.41, 5.74) is 10.2. The molecular weight excluding hydrogens is 368 g/mol. The molecule has 0 aromatic heterocycles. The highest BCUT2D eigenvalue weighted by molar-refractivity contribution is 5.29. The average molecular weight is 409 g/mol. The van der Waals surface area contributed by atoms with E-state index in [0.29, 0.717) is 0 Å². The van der Waals surface area contributed by atoms with Crippen LogP contribution in [0.25, 0.3) is 0 Å². The maximum absolute atomic E-state index is 5.90. The van der Waals surface area contributed by atoms with Crippen molar-refractivity contribution < 1.29 is 4.74 Å². The molecule has 1 aliphatic rings. The molecular formula is C27H40N2O. The molecule has 0 atom stereocenters. The van der Waals surface area contributed by atoms with E-state index in [2.05, 4.69) is 68.1 Å². The number of rotatable bonds is 8. The van der Waals surface area contributed by atoms with Crippen LogP contribution in [0.3, 0.4) is 0 Å². The minimum absolute atomic E-state index is 0.195. The molecule has 1 fully saturated rings. The predicted molar refractivity (Wildman–Crippen MR) is 127 cm³/mol. The van der Waals surface area contributed by atoms with Crippen LogP contribution in [0.15, 0.2) is 48.5 Å². The highest BCUT2D eigenvalue weighted by Gasteiger charge is 2.23. The summed E-state index contributed by atoms with van der Waals surface area (Å²) in [5.74, 6) is 2.44. The first-order chi connectivity index (χ1) is 14.4. The summed E-state index contributed by atoms with van der Waals surface area (Å²) in [6, 6.07) is 17.7. The van der Waals surface area contributed by atoms with Crippen molar-refractivity contribution in [3.8, 4) is 5.75 Å². The van der Waals surface area contributed by atoms with E-state index in [4.69, 9.17) is 10.5 Å². The number of ether oxygens (including phenoxy) is 1. The number of nitrogens with two attached hydrogens (primary N) is 1. The van der Waals surface area contributed by atoms with E-state index in [1.807, 2.05) is 6.07 Å².